The molecule has 1 aromatic heterocycles. The molecule has 0 amide bonds. The topological polar surface area (TPSA) is 38.9 Å². The SMILES string of the molecule is NCCc1cnccc1C(F)(F)F. The van der Waals surface area contributed by atoms with E-state index in [2.05, 4.69) is 4.98 Å². The maximum absolute atomic E-state index is 12.3. The Morgan fingerprint density at radius 3 is 2.62 bits per heavy atom. The highest BCUT2D eigenvalue weighted by atomic mass is 19.4. The molecule has 0 aliphatic carbocycles. The molecule has 0 aromatic carbocycles. The molecule has 0 saturated carbocycles. The minimum Gasteiger partial charge on any atom is -0.330 e. The highest BCUT2D eigenvalue weighted by Crippen LogP contribution is 2.31. The van der Waals surface area contributed by atoms with Gasteiger partial charge in [-0.2, -0.15) is 13.2 Å². The summed E-state index contributed by atoms with van der Waals surface area (Å²) in [6.07, 6.45) is -1.78. The van der Waals surface area contributed by atoms with Gasteiger partial charge in [-0.15, -0.1) is 0 Å². The van der Waals surface area contributed by atoms with Gasteiger partial charge in [-0.3, -0.25) is 4.98 Å². The molecule has 2 nitrogen and oxygen atoms in total. The Morgan fingerprint density at radius 2 is 2.08 bits per heavy atom. The first kappa shape index (κ1) is 9.98. The fourth-order valence-electron chi connectivity index (χ4n) is 1.06. The van der Waals surface area contributed by atoms with Crippen molar-refractivity contribution in [2.75, 3.05) is 6.54 Å². The van der Waals surface area contributed by atoms with E-state index >= 15 is 0 Å². The van der Waals surface area contributed by atoms with Crippen molar-refractivity contribution in [2.45, 2.75) is 12.6 Å². The summed E-state index contributed by atoms with van der Waals surface area (Å²) in [5.41, 5.74) is 4.68. The lowest BCUT2D eigenvalue weighted by Gasteiger charge is -2.10. The average Bonchev–Trinajstić information content (AvgIpc) is 2.04. The van der Waals surface area contributed by atoms with Crippen LogP contribution in [0.5, 0.6) is 0 Å². The largest absolute Gasteiger partial charge is 0.416 e. The summed E-state index contributed by atoms with van der Waals surface area (Å²) in [6, 6.07) is 0.963. The third-order valence-corrected chi connectivity index (χ3v) is 1.62. The smallest absolute Gasteiger partial charge is 0.330 e. The van der Waals surface area contributed by atoms with E-state index in [0.29, 0.717) is 0 Å². The van der Waals surface area contributed by atoms with Crippen molar-refractivity contribution in [3.63, 3.8) is 0 Å². The highest BCUT2D eigenvalue weighted by molar-refractivity contribution is 5.26. The Morgan fingerprint density at radius 1 is 1.38 bits per heavy atom. The molecule has 0 spiro atoms. The van der Waals surface area contributed by atoms with Crippen molar-refractivity contribution in [2.24, 2.45) is 5.73 Å². The van der Waals surface area contributed by atoms with Crippen LogP contribution in [-0.4, -0.2) is 11.5 Å². The van der Waals surface area contributed by atoms with E-state index in [-0.39, 0.29) is 18.5 Å². The van der Waals surface area contributed by atoms with Gasteiger partial charge in [0.25, 0.3) is 0 Å². The summed E-state index contributed by atoms with van der Waals surface area (Å²) < 4.78 is 36.9. The van der Waals surface area contributed by atoms with E-state index in [1.165, 1.54) is 6.20 Å². The van der Waals surface area contributed by atoms with Crippen LogP contribution < -0.4 is 5.73 Å². The fourth-order valence-corrected chi connectivity index (χ4v) is 1.06. The predicted molar refractivity (Wildman–Crippen MR) is 42.0 cm³/mol. The fraction of sp³-hybridized carbons (Fsp3) is 0.375. The second kappa shape index (κ2) is 3.74. The summed E-state index contributed by atoms with van der Waals surface area (Å²) in [5.74, 6) is 0. The molecule has 0 atom stereocenters. The first-order valence-corrected chi connectivity index (χ1v) is 3.76. The first-order chi connectivity index (χ1) is 6.05. The van der Waals surface area contributed by atoms with E-state index in [1.807, 2.05) is 0 Å². The van der Waals surface area contributed by atoms with E-state index in [9.17, 15) is 13.2 Å². The third kappa shape index (κ3) is 2.42. The number of rotatable bonds is 2. The average molecular weight is 190 g/mol. The Hall–Kier alpha value is -1.10. The van der Waals surface area contributed by atoms with Gasteiger partial charge in [-0.05, 0) is 24.6 Å². The molecular weight excluding hydrogens is 181 g/mol. The zero-order chi connectivity index (χ0) is 9.90. The standard InChI is InChI=1S/C8H9F3N2/c9-8(10,11)7-2-4-13-5-6(7)1-3-12/h2,4-5H,1,3,12H2. The molecule has 2 N–H and O–H groups in total. The number of halogens is 3. The van der Waals surface area contributed by atoms with E-state index < -0.39 is 11.7 Å². The van der Waals surface area contributed by atoms with Crippen molar-refractivity contribution in [1.29, 1.82) is 0 Å². The van der Waals surface area contributed by atoms with E-state index in [4.69, 9.17) is 5.73 Å². The second-order valence-corrected chi connectivity index (χ2v) is 2.57. The zero-order valence-electron chi connectivity index (χ0n) is 6.80. The van der Waals surface area contributed by atoms with Crippen LogP contribution in [0.2, 0.25) is 0 Å². The van der Waals surface area contributed by atoms with Crippen molar-refractivity contribution >= 4 is 0 Å². The molecule has 13 heavy (non-hydrogen) atoms. The van der Waals surface area contributed by atoms with Crippen LogP contribution in [0.3, 0.4) is 0 Å². The number of nitrogens with two attached hydrogens (primary N) is 1. The maximum Gasteiger partial charge on any atom is 0.416 e. The van der Waals surface area contributed by atoms with Gasteiger partial charge in [0.1, 0.15) is 0 Å². The molecule has 0 saturated heterocycles. The summed E-state index contributed by atoms with van der Waals surface area (Å²) in [7, 11) is 0. The van der Waals surface area contributed by atoms with Crippen molar-refractivity contribution in [3.05, 3.63) is 29.6 Å². The third-order valence-electron chi connectivity index (χ3n) is 1.62. The van der Waals surface area contributed by atoms with Crippen LogP contribution in [0.1, 0.15) is 11.1 Å². The molecule has 1 aromatic rings. The first-order valence-electron chi connectivity index (χ1n) is 3.76. The molecule has 72 valence electrons. The van der Waals surface area contributed by atoms with Gasteiger partial charge in [0.15, 0.2) is 0 Å². The summed E-state index contributed by atoms with van der Waals surface area (Å²) in [5, 5.41) is 0. The van der Waals surface area contributed by atoms with Crippen LogP contribution in [0.25, 0.3) is 0 Å². The van der Waals surface area contributed by atoms with E-state index in [0.717, 1.165) is 12.3 Å². The monoisotopic (exact) mass is 190 g/mol. The summed E-state index contributed by atoms with van der Waals surface area (Å²) >= 11 is 0. The van der Waals surface area contributed by atoms with Crippen LogP contribution in [0.15, 0.2) is 18.5 Å². The number of pyridine rings is 1. The quantitative estimate of drug-likeness (QED) is 0.769. The Bertz CT molecular complexity index is 283. The zero-order valence-corrected chi connectivity index (χ0v) is 6.80. The van der Waals surface area contributed by atoms with Crippen LogP contribution in [0.4, 0.5) is 13.2 Å². The van der Waals surface area contributed by atoms with Crippen molar-refractivity contribution < 1.29 is 13.2 Å². The second-order valence-electron chi connectivity index (χ2n) is 2.57. The lowest BCUT2D eigenvalue weighted by Crippen LogP contribution is -2.12. The minimum absolute atomic E-state index is 0.150. The van der Waals surface area contributed by atoms with E-state index in [1.54, 1.807) is 0 Å². The Labute approximate surface area is 73.6 Å². The van der Waals surface area contributed by atoms with Gasteiger partial charge in [0.05, 0.1) is 5.56 Å². The number of hydrogen-bond acceptors (Lipinski definition) is 2. The van der Waals surface area contributed by atoms with Gasteiger partial charge in [0, 0.05) is 12.4 Å². The van der Waals surface area contributed by atoms with Crippen molar-refractivity contribution in [1.82, 2.24) is 4.98 Å². The van der Waals surface area contributed by atoms with Crippen LogP contribution in [0, 0.1) is 0 Å². The summed E-state index contributed by atoms with van der Waals surface area (Å²) in [4.78, 5) is 3.62. The molecule has 0 bridgehead atoms. The molecule has 1 heterocycles. The number of aromatic nitrogens is 1. The minimum atomic E-state index is -4.31. The van der Waals surface area contributed by atoms with Crippen LogP contribution in [-0.2, 0) is 12.6 Å². The van der Waals surface area contributed by atoms with Crippen molar-refractivity contribution in [3.8, 4) is 0 Å². The number of alkyl halides is 3. The number of hydrogen-bond donors (Lipinski definition) is 1. The van der Waals surface area contributed by atoms with Gasteiger partial charge < -0.3 is 5.73 Å². The Kier molecular flexibility index (Phi) is 2.87. The molecule has 5 heteroatoms. The lowest BCUT2D eigenvalue weighted by molar-refractivity contribution is -0.138. The lowest BCUT2D eigenvalue weighted by atomic mass is 10.1. The normalized spacial score (nSPS) is 11.7. The summed E-state index contributed by atoms with van der Waals surface area (Å²) in [6.45, 7) is 0.189. The van der Waals surface area contributed by atoms with Gasteiger partial charge in [-0.1, -0.05) is 0 Å². The molecule has 0 radical (unpaired) electrons. The highest BCUT2D eigenvalue weighted by Gasteiger charge is 2.32. The Balaban J connectivity index is 3.05. The predicted octanol–water partition coefficient (Wildman–Crippen LogP) is 1.60. The van der Waals surface area contributed by atoms with Gasteiger partial charge in [-0.25, -0.2) is 0 Å². The van der Waals surface area contributed by atoms with Crippen LogP contribution >= 0.6 is 0 Å². The maximum atomic E-state index is 12.3. The molecular formula is C8H9F3N2. The molecule has 1 rings (SSSR count). The van der Waals surface area contributed by atoms with Gasteiger partial charge in [0.2, 0.25) is 0 Å². The molecule has 0 fully saturated rings. The molecule has 0 aliphatic heterocycles. The molecule has 0 aliphatic rings. The molecule has 0 unspecified atom stereocenters. The number of nitrogens with zero attached hydrogens (tertiary/aromatic N) is 1. The van der Waals surface area contributed by atoms with Gasteiger partial charge >= 0.3 is 6.18 Å².